The van der Waals surface area contributed by atoms with Crippen LogP contribution in [0.3, 0.4) is 0 Å². The Morgan fingerprint density at radius 1 is 1.41 bits per heavy atom. The van der Waals surface area contributed by atoms with Crippen LogP contribution in [0.4, 0.5) is 0 Å². The molecule has 3 rings (SSSR count). The van der Waals surface area contributed by atoms with Crippen molar-refractivity contribution in [1.82, 2.24) is 15.1 Å². The van der Waals surface area contributed by atoms with Crippen LogP contribution in [-0.2, 0) is 16.0 Å². The smallest absolute Gasteiger partial charge is 0.237 e. The molecule has 1 aromatic rings. The van der Waals surface area contributed by atoms with E-state index in [0.29, 0.717) is 19.6 Å². The molecule has 1 N–H and O–H groups in total. The Morgan fingerprint density at radius 3 is 3.05 bits per heavy atom. The fourth-order valence-electron chi connectivity index (χ4n) is 3.43. The Kier molecular flexibility index (Phi) is 4.43. The molecule has 5 nitrogen and oxygen atoms in total. The number of hydrogen-bond acceptors (Lipinski definition) is 3. The molecule has 1 aliphatic carbocycles. The summed E-state index contributed by atoms with van der Waals surface area (Å²) >= 11 is 0. The van der Waals surface area contributed by atoms with Crippen molar-refractivity contribution in [3.8, 4) is 0 Å². The van der Waals surface area contributed by atoms with Gasteiger partial charge in [-0.05, 0) is 30.4 Å². The van der Waals surface area contributed by atoms with Gasteiger partial charge in [0.05, 0.1) is 19.1 Å². The van der Waals surface area contributed by atoms with Crippen LogP contribution >= 0.6 is 0 Å². The molecule has 1 aromatic carbocycles. The van der Waals surface area contributed by atoms with Crippen LogP contribution in [0.1, 0.15) is 30.0 Å². The van der Waals surface area contributed by atoms with Gasteiger partial charge in [-0.1, -0.05) is 24.3 Å². The summed E-state index contributed by atoms with van der Waals surface area (Å²) < 4.78 is 0. The van der Waals surface area contributed by atoms with E-state index < -0.39 is 0 Å². The van der Waals surface area contributed by atoms with Crippen LogP contribution in [0.2, 0.25) is 0 Å². The van der Waals surface area contributed by atoms with E-state index in [1.54, 1.807) is 0 Å². The molecule has 0 saturated carbocycles. The fraction of sp³-hybridized carbons (Fsp3) is 0.529. The number of carbonyl (C=O) groups excluding carboxylic acids is 2. The highest BCUT2D eigenvalue weighted by Gasteiger charge is 2.28. The van der Waals surface area contributed by atoms with Gasteiger partial charge in [-0.25, -0.2) is 0 Å². The number of nitrogens with zero attached hydrogens (tertiary/aromatic N) is 2. The predicted octanol–water partition coefficient (Wildman–Crippen LogP) is 0.954. The number of carbonyl (C=O) groups is 2. The Labute approximate surface area is 131 Å². The van der Waals surface area contributed by atoms with Crippen molar-refractivity contribution in [1.29, 1.82) is 0 Å². The van der Waals surface area contributed by atoms with Gasteiger partial charge in [0.15, 0.2) is 0 Å². The third kappa shape index (κ3) is 3.14. The normalized spacial score (nSPS) is 21.9. The van der Waals surface area contributed by atoms with Gasteiger partial charge in [-0.15, -0.1) is 0 Å². The molecule has 0 unspecified atom stereocenters. The van der Waals surface area contributed by atoms with Gasteiger partial charge in [0.25, 0.3) is 0 Å². The van der Waals surface area contributed by atoms with Gasteiger partial charge in [-0.2, -0.15) is 0 Å². The molecule has 5 heteroatoms. The minimum absolute atomic E-state index is 0.00437. The summed E-state index contributed by atoms with van der Waals surface area (Å²) in [5.41, 5.74) is 2.64. The van der Waals surface area contributed by atoms with Crippen LogP contribution in [0, 0.1) is 0 Å². The van der Waals surface area contributed by atoms with E-state index in [1.165, 1.54) is 11.1 Å². The molecular weight excluding hydrogens is 278 g/mol. The average Bonchev–Trinajstić information content (AvgIpc) is 2.53. The third-order valence-electron chi connectivity index (χ3n) is 4.67. The van der Waals surface area contributed by atoms with Gasteiger partial charge in [0.1, 0.15) is 0 Å². The number of rotatable bonds is 3. The predicted molar refractivity (Wildman–Crippen MR) is 84.3 cm³/mol. The first-order chi connectivity index (χ1) is 10.6. The minimum Gasteiger partial charge on any atom is -0.354 e. The van der Waals surface area contributed by atoms with Crippen LogP contribution in [0.15, 0.2) is 24.3 Å². The van der Waals surface area contributed by atoms with Crippen molar-refractivity contribution in [2.45, 2.75) is 25.3 Å². The first kappa shape index (κ1) is 15.0. The fourth-order valence-corrected chi connectivity index (χ4v) is 3.43. The molecule has 1 aliphatic heterocycles. The summed E-state index contributed by atoms with van der Waals surface area (Å²) in [4.78, 5) is 27.8. The van der Waals surface area contributed by atoms with E-state index in [2.05, 4.69) is 23.5 Å². The molecule has 1 saturated heterocycles. The maximum absolute atomic E-state index is 12.6. The zero-order chi connectivity index (χ0) is 15.5. The van der Waals surface area contributed by atoms with E-state index in [0.717, 1.165) is 25.8 Å². The Morgan fingerprint density at radius 2 is 2.23 bits per heavy atom. The molecular formula is C17H23N3O2. The zero-order valence-electron chi connectivity index (χ0n) is 13.0. The number of fused-ring (bicyclic) bond motifs is 1. The molecule has 0 aromatic heterocycles. The monoisotopic (exact) mass is 301 g/mol. The highest BCUT2D eigenvalue weighted by Crippen LogP contribution is 2.33. The van der Waals surface area contributed by atoms with Gasteiger partial charge in [0, 0.05) is 20.1 Å². The van der Waals surface area contributed by atoms with Gasteiger partial charge < -0.3 is 10.2 Å². The lowest BCUT2D eigenvalue weighted by molar-refractivity contribution is -0.135. The maximum atomic E-state index is 12.6. The van der Waals surface area contributed by atoms with E-state index >= 15 is 0 Å². The number of benzene rings is 1. The van der Waals surface area contributed by atoms with Crippen LogP contribution in [0.5, 0.6) is 0 Å². The van der Waals surface area contributed by atoms with E-state index in [-0.39, 0.29) is 17.9 Å². The number of aryl methyl sites for hydroxylation is 1. The first-order valence-corrected chi connectivity index (χ1v) is 7.97. The Hall–Kier alpha value is -1.88. The van der Waals surface area contributed by atoms with Gasteiger partial charge in [0.2, 0.25) is 11.8 Å². The van der Waals surface area contributed by atoms with Crippen LogP contribution in [0.25, 0.3) is 0 Å². The van der Waals surface area contributed by atoms with E-state index in [4.69, 9.17) is 0 Å². The second-order valence-electron chi connectivity index (χ2n) is 6.17. The zero-order valence-corrected chi connectivity index (χ0v) is 13.0. The van der Waals surface area contributed by atoms with Crippen molar-refractivity contribution in [2.24, 2.45) is 0 Å². The molecule has 118 valence electrons. The van der Waals surface area contributed by atoms with Crippen molar-refractivity contribution in [3.63, 3.8) is 0 Å². The summed E-state index contributed by atoms with van der Waals surface area (Å²) in [7, 11) is 1.89. The first-order valence-electron chi connectivity index (χ1n) is 7.97. The number of hydrogen-bond donors (Lipinski definition) is 1. The standard InChI is InChI=1S/C17H23N3O2/c1-19(17(22)12-20-10-9-18-16(21)11-20)15-8-4-6-13-5-2-3-7-14(13)15/h2-3,5,7,15H,4,6,8-12H2,1H3,(H,18,21)/t15-/m1/s1. The van der Waals surface area contributed by atoms with Crippen molar-refractivity contribution in [3.05, 3.63) is 35.4 Å². The van der Waals surface area contributed by atoms with Gasteiger partial charge in [-0.3, -0.25) is 14.5 Å². The second kappa shape index (κ2) is 6.48. The number of piperazine rings is 1. The molecule has 1 atom stereocenters. The van der Waals surface area contributed by atoms with Crippen molar-refractivity contribution < 1.29 is 9.59 Å². The molecule has 2 amide bonds. The molecule has 0 spiro atoms. The lowest BCUT2D eigenvalue weighted by atomic mass is 9.87. The molecule has 1 fully saturated rings. The summed E-state index contributed by atoms with van der Waals surface area (Å²) in [6.07, 6.45) is 3.23. The molecule has 0 bridgehead atoms. The summed E-state index contributed by atoms with van der Waals surface area (Å²) in [5, 5.41) is 2.79. The average molecular weight is 301 g/mol. The molecule has 22 heavy (non-hydrogen) atoms. The molecule has 0 radical (unpaired) electrons. The number of nitrogens with one attached hydrogen (secondary N) is 1. The summed E-state index contributed by atoms with van der Waals surface area (Å²) in [6.45, 7) is 2.01. The third-order valence-corrected chi connectivity index (χ3v) is 4.67. The van der Waals surface area contributed by atoms with Crippen LogP contribution in [-0.4, -0.2) is 54.8 Å². The number of likely N-dealkylation sites (N-methyl/N-ethyl adjacent to an activating group) is 1. The molecule has 1 heterocycles. The topological polar surface area (TPSA) is 52.7 Å². The maximum Gasteiger partial charge on any atom is 0.237 e. The van der Waals surface area contributed by atoms with Crippen molar-refractivity contribution in [2.75, 3.05) is 33.2 Å². The highest BCUT2D eigenvalue weighted by atomic mass is 16.2. The van der Waals surface area contributed by atoms with Crippen molar-refractivity contribution >= 4 is 11.8 Å². The largest absolute Gasteiger partial charge is 0.354 e. The second-order valence-corrected chi connectivity index (χ2v) is 6.17. The SMILES string of the molecule is CN(C(=O)CN1CCNC(=O)C1)[C@@H]1CCCc2ccccc21. The quantitative estimate of drug-likeness (QED) is 0.904. The van der Waals surface area contributed by atoms with Gasteiger partial charge >= 0.3 is 0 Å². The minimum atomic E-state index is 0.00437. The van der Waals surface area contributed by atoms with Crippen LogP contribution < -0.4 is 5.32 Å². The number of amides is 2. The Balaban J connectivity index is 1.67. The Bertz CT molecular complexity index is 573. The van der Waals surface area contributed by atoms with E-state index in [1.807, 2.05) is 22.9 Å². The summed E-state index contributed by atoms with van der Waals surface area (Å²) in [6, 6.07) is 8.57. The molecule has 2 aliphatic rings. The highest BCUT2D eigenvalue weighted by molar-refractivity contribution is 5.82. The lowest BCUT2D eigenvalue weighted by Crippen LogP contribution is -2.51. The summed E-state index contributed by atoms with van der Waals surface area (Å²) in [5.74, 6) is 0.0983. The lowest BCUT2D eigenvalue weighted by Gasteiger charge is -2.35. The van der Waals surface area contributed by atoms with E-state index in [9.17, 15) is 9.59 Å².